The number of aryl methyl sites for hydroxylation is 2. The highest BCUT2D eigenvalue weighted by Crippen LogP contribution is 2.30. The molecular weight excluding hydrogens is 293 g/mol. The van der Waals surface area contributed by atoms with Crippen molar-refractivity contribution in [1.82, 2.24) is 14.8 Å². The smallest absolute Gasteiger partial charge is 0.375 e. The molecule has 4 nitrogen and oxygen atoms in total. The average molecular weight is 312 g/mol. The summed E-state index contributed by atoms with van der Waals surface area (Å²) in [6, 6.07) is 3.05. The molecule has 0 saturated heterocycles. The third-order valence-corrected chi connectivity index (χ3v) is 3.37. The minimum atomic E-state index is -4.18. The van der Waals surface area contributed by atoms with E-state index in [1.54, 1.807) is 42.5 Å². The number of hydrogen-bond donors (Lipinski definition) is 1. The molecule has 2 heterocycles. The Bertz CT molecular complexity index is 593. The fraction of sp³-hybridized carbons (Fsp3) is 0.467. The predicted octanol–water partition coefficient (Wildman–Crippen LogP) is 3.87. The van der Waals surface area contributed by atoms with E-state index in [4.69, 9.17) is 0 Å². The summed E-state index contributed by atoms with van der Waals surface area (Å²) in [6.45, 7) is 1.96. The van der Waals surface area contributed by atoms with Crippen molar-refractivity contribution >= 4 is 5.69 Å². The Kier molecular flexibility index (Phi) is 5.05. The van der Waals surface area contributed by atoms with Crippen molar-refractivity contribution in [3.63, 3.8) is 0 Å². The van der Waals surface area contributed by atoms with E-state index in [2.05, 4.69) is 15.4 Å². The van der Waals surface area contributed by atoms with Crippen molar-refractivity contribution in [2.75, 3.05) is 5.32 Å². The fourth-order valence-corrected chi connectivity index (χ4v) is 2.32. The molecule has 120 valence electrons. The van der Waals surface area contributed by atoms with Gasteiger partial charge in [0.15, 0.2) is 0 Å². The lowest BCUT2D eigenvalue weighted by Gasteiger charge is -2.20. The monoisotopic (exact) mass is 312 g/mol. The third-order valence-electron chi connectivity index (χ3n) is 3.37. The average Bonchev–Trinajstić information content (AvgIpc) is 2.83. The van der Waals surface area contributed by atoms with Gasteiger partial charge in [0.2, 0.25) is 0 Å². The molecule has 0 aromatic carbocycles. The molecule has 22 heavy (non-hydrogen) atoms. The Balaban J connectivity index is 2.20. The largest absolute Gasteiger partial charge is 0.389 e. The van der Waals surface area contributed by atoms with Crippen LogP contribution in [0.15, 0.2) is 30.7 Å². The molecule has 0 aliphatic heterocycles. The number of aromatic nitrogens is 3. The van der Waals surface area contributed by atoms with E-state index in [-0.39, 0.29) is 6.42 Å². The van der Waals surface area contributed by atoms with Gasteiger partial charge in [0.1, 0.15) is 0 Å². The van der Waals surface area contributed by atoms with Crippen LogP contribution in [-0.4, -0.2) is 20.9 Å². The van der Waals surface area contributed by atoms with Crippen LogP contribution in [0.5, 0.6) is 0 Å². The molecule has 0 radical (unpaired) electrons. The van der Waals surface area contributed by atoms with Gasteiger partial charge in [0.25, 0.3) is 0 Å². The summed E-state index contributed by atoms with van der Waals surface area (Å²) in [5, 5.41) is 7.49. The molecule has 2 aromatic heterocycles. The summed E-state index contributed by atoms with van der Waals surface area (Å²) in [5.41, 5.74) is 2.34. The van der Waals surface area contributed by atoms with Crippen LogP contribution < -0.4 is 5.32 Å². The molecule has 1 N–H and O–H groups in total. The SMILES string of the molecule is CCc1nn(C)cc1NC(CCC(F)(F)F)c1cccnc1. The van der Waals surface area contributed by atoms with E-state index < -0.39 is 18.6 Å². The number of pyridine rings is 1. The Labute approximate surface area is 127 Å². The van der Waals surface area contributed by atoms with Crippen molar-refractivity contribution in [2.24, 2.45) is 7.05 Å². The zero-order valence-electron chi connectivity index (χ0n) is 12.6. The molecule has 0 saturated carbocycles. The Morgan fingerprint density at radius 2 is 2.14 bits per heavy atom. The summed E-state index contributed by atoms with van der Waals surface area (Å²) in [4.78, 5) is 4.00. The number of alkyl halides is 3. The number of nitrogens with zero attached hydrogens (tertiary/aromatic N) is 3. The molecule has 7 heteroatoms. The van der Waals surface area contributed by atoms with E-state index in [0.717, 1.165) is 16.9 Å². The van der Waals surface area contributed by atoms with Crippen LogP contribution >= 0.6 is 0 Å². The highest BCUT2D eigenvalue weighted by Gasteiger charge is 2.29. The highest BCUT2D eigenvalue weighted by molar-refractivity contribution is 5.48. The van der Waals surface area contributed by atoms with Gasteiger partial charge in [-0.2, -0.15) is 18.3 Å². The van der Waals surface area contributed by atoms with Gasteiger partial charge >= 0.3 is 6.18 Å². The van der Waals surface area contributed by atoms with Gasteiger partial charge < -0.3 is 5.32 Å². The molecule has 1 unspecified atom stereocenters. The van der Waals surface area contributed by atoms with Crippen LogP contribution in [0.25, 0.3) is 0 Å². The normalized spacial score (nSPS) is 13.1. The van der Waals surface area contributed by atoms with E-state index in [1.165, 1.54) is 0 Å². The van der Waals surface area contributed by atoms with Gasteiger partial charge in [-0.3, -0.25) is 9.67 Å². The van der Waals surface area contributed by atoms with Gasteiger partial charge in [0, 0.05) is 32.1 Å². The lowest BCUT2D eigenvalue weighted by atomic mass is 10.0. The summed E-state index contributed by atoms with van der Waals surface area (Å²) in [7, 11) is 1.79. The molecule has 1 atom stereocenters. The van der Waals surface area contributed by atoms with Crippen molar-refractivity contribution < 1.29 is 13.2 Å². The maximum absolute atomic E-state index is 12.6. The number of rotatable bonds is 6. The second kappa shape index (κ2) is 6.81. The maximum atomic E-state index is 12.6. The third kappa shape index (κ3) is 4.47. The quantitative estimate of drug-likeness (QED) is 0.880. The molecular formula is C15H19F3N4. The summed E-state index contributed by atoms with van der Waals surface area (Å²) >= 11 is 0. The first-order chi connectivity index (χ1) is 10.4. The van der Waals surface area contributed by atoms with E-state index in [9.17, 15) is 13.2 Å². The molecule has 0 fully saturated rings. The number of hydrogen-bond acceptors (Lipinski definition) is 3. The van der Waals surface area contributed by atoms with Gasteiger partial charge in [-0.25, -0.2) is 0 Å². The highest BCUT2D eigenvalue weighted by atomic mass is 19.4. The number of anilines is 1. The van der Waals surface area contributed by atoms with Crippen LogP contribution in [0.1, 0.15) is 37.1 Å². The van der Waals surface area contributed by atoms with Crippen molar-refractivity contribution in [3.05, 3.63) is 42.0 Å². The fourth-order valence-electron chi connectivity index (χ4n) is 2.32. The van der Waals surface area contributed by atoms with Gasteiger partial charge in [-0.15, -0.1) is 0 Å². The van der Waals surface area contributed by atoms with E-state index >= 15 is 0 Å². The lowest BCUT2D eigenvalue weighted by molar-refractivity contribution is -0.136. The van der Waals surface area contributed by atoms with Crippen molar-refractivity contribution in [1.29, 1.82) is 0 Å². The number of halogens is 3. The predicted molar refractivity (Wildman–Crippen MR) is 78.5 cm³/mol. The molecule has 0 aliphatic carbocycles. The molecule has 0 aliphatic rings. The van der Waals surface area contributed by atoms with Crippen LogP contribution in [-0.2, 0) is 13.5 Å². The van der Waals surface area contributed by atoms with Gasteiger partial charge in [-0.05, 0) is 24.5 Å². The Morgan fingerprint density at radius 3 is 2.73 bits per heavy atom. The van der Waals surface area contributed by atoms with E-state index in [0.29, 0.717) is 6.42 Å². The summed E-state index contributed by atoms with van der Waals surface area (Å²) in [6.07, 6.45) is 0.624. The Morgan fingerprint density at radius 1 is 1.36 bits per heavy atom. The second-order valence-electron chi connectivity index (χ2n) is 5.15. The van der Waals surface area contributed by atoms with Crippen LogP contribution in [0.3, 0.4) is 0 Å². The molecule has 0 spiro atoms. The van der Waals surface area contributed by atoms with Gasteiger partial charge in [0.05, 0.1) is 17.4 Å². The molecule has 2 aromatic rings. The van der Waals surface area contributed by atoms with Crippen molar-refractivity contribution in [2.45, 2.75) is 38.4 Å². The maximum Gasteiger partial charge on any atom is 0.389 e. The zero-order chi connectivity index (χ0) is 16.2. The standard InChI is InChI=1S/C15H19F3N4/c1-3-12-14(10-22(2)21-12)20-13(6-7-15(16,17)18)11-5-4-8-19-9-11/h4-5,8-10,13,20H,3,6-7H2,1-2H3. The minimum Gasteiger partial charge on any atom is -0.375 e. The zero-order valence-corrected chi connectivity index (χ0v) is 12.6. The Hall–Kier alpha value is -2.05. The number of nitrogens with one attached hydrogen (secondary N) is 1. The van der Waals surface area contributed by atoms with Crippen LogP contribution in [0.4, 0.5) is 18.9 Å². The summed E-state index contributed by atoms with van der Waals surface area (Å²) < 4.78 is 39.3. The molecule has 0 amide bonds. The second-order valence-corrected chi connectivity index (χ2v) is 5.15. The van der Waals surface area contributed by atoms with Gasteiger partial charge in [-0.1, -0.05) is 13.0 Å². The summed E-state index contributed by atoms with van der Waals surface area (Å²) in [5.74, 6) is 0. The van der Waals surface area contributed by atoms with Crippen LogP contribution in [0.2, 0.25) is 0 Å². The first-order valence-corrected chi connectivity index (χ1v) is 7.14. The first-order valence-electron chi connectivity index (χ1n) is 7.14. The molecule has 2 rings (SSSR count). The van der Waals surface area contributed by atoms with Crippen molar-refractivity contribution in [3.8, 4) is 0 Å². The minimum absolute atomic E-state index is 0.0484. The van der Waals surface area contributed by atoms with E-state index in [1.807, 2.05) is 6.92 Å². The van der Waals surface area contributed by atoms with Crippen LogP contribution in [0, 0.1) is 0 Å². The first kappa shape index (κ1) is 16.3. The lowest BCUT2D eigenvalue weighted by Crippen LogP contribution is -2.16. The topological polar surface area (TPSA) is 42.7 Å². The molecule has 0 bridgehead atoms.